The summed E-state index contributed by atoms with van der Waals surface area (Å²) in [7, 11) is 0. The van der Waals surface area contributed by atoms with Crippen molar-refractivity contribution in [2.75, 3.05) is 5.75 Å². The third kappa shape index (κ3) is 2.38. The van der Waals surface area contributed by atoms with E-state index in [-0.39, 0.29) is 11.2 Å². The zero-order chi connectivity index (χ0) is 14.8. The summed E-state index contributed by atoms with van der Waals surface area (Å²) < 4.78 is 2.93. The van der Waals surface area contributed by atoms with Crippen LogP contribution in [0.25, 0.3) is 17.3 Å². The van der Waals surface area contributed by atoms with Crippen molar-refractivity contribution in [3.8, 4) is 11.1 Å². The lowest BCUT2D eigenvalue weighted by atomic mass is 10.1. The first-order chi connectivity index (χ1) is 10.2. The molecule has 21 heavy (non-hydrogen) atoms. The van der Waals surface area contributed by atoms with Crippen LogP contribution in [0.3, 0.4) is 0 Å². The molecule has 3 rings (SSSR count). The lowest BCUT2D eigenvalue weighted by Crippen LogP contribution is -2.40. The van der Waals surface area contributed by atoms with Crippen LogP contribution < -0.4 is 11.2 Å². The van der Waals surface area contributed by atoms with Gasteiger partial charge in [0.15, 0.2) is 0 Å². The summed E-state index contributed by atoms with van der Waals surface area (Å²) >= 11 is 1.53. The van der Waals surface area contributed by atoms with Crippen LogP contribution in [-0.4, -0.2) is 14.9 Å². The lowest BCUT2D eigenvalue weighted by Gasteiger charge is -2.18. The molecule has 1 aliphatic heterocycles. The molecule has 0 N–H and O–H groups in total. The van der Waals surface area contributed by atoms with Crippen molar-refractivity contribution in [3.63, 3.8) is 0 Å². The van der Waals surface area contributed by atoms with Crippen molar-refractivity contribution in [2.45, 2.75) is 24.9 Å². The van der Waals surface area contributed by atoms with Crippen molar-refractivity contribution in [1.29, 1.82) is 0 Å². The van der Waals surface area contributed by atoms with E-state index in [4.69, 9.17) is 0 Å². The molecule has 0 atom stereocenters. The van der Waals surface area contributed by atoms with E-state index in [0.29, 0.717) is 12.1 Å². The minimum absolute atomic E-state index is 0.192. The first kappa shape index (κ1) is 13.9. The van der Waals surface area contributed by atoms with E-state index in [2.05, 4.69) is 0 Å². The lowest BCUT2D eigenvalue weighted by molar-refractivity contribution is 0.589. The van der Waals surface area contributed by atoms with Gasteiger partial charge < -0.3 is 0 Å². The minimum atomic E-state index is -0.250. The largest absolute Gasteiger partial charge is 0.336 e. The second kappa shape index (κ2) is 5.77. The Bertz CT molecular complexity index is 804. The number of hydrogen-bond donors (Lipinski definition) is 0. The van der Waals surface area contributed by atoms with Gasteiger partial charge in [-0.15, -0.1) is 11.8 Å². The molecule has 1 aromatic heterocycles. The van der Waals surface area contributed by atoms with E-state index in [1.54, 1.807) is 10.8 Å². The summed E-state index contributed by atoms with van der Waals surface area (Å²) in [6, 6.07) is 9.56. The monoisotopic (exact) mass is 300 g/mol. The molecule has 1 aliphatic rings. The van der Waals surface area contributed by atoms with Gasteiger partial charge in [-0.3, -0.25) is 13.9 Å². The van der Waals surface area contributed by atoms with Crippen LogP contribution in [0.4, 0.5) is 0 Å². The Morgan fingerprint density at radius 3 is 2.67 bits per heavy atom. The van der Waals surface area contributed by atoms with Crippen LogP contribution in [-0.2, 0) is 6.54 Å². The van der Waals surface area contributed by atoms with E-state index >= 15 is 0 Å². The summed E-state index contributed by atoms with van der Waals surface area (Å²) in [5, 5.41) is 0.742. The van der Waals surface area contributed by atoms with Gasteiger partial charge in [-0.1, -0.05) is 43.3 Å². The van der Waals surface area contributed by atoms with Crippen molar-refractivity contribution in [3.05, 3.63) is 57.2 Å². The van der Waals surface area contributed by atoms with Gasteiger partial charge in [0.1, 0.15) is 0 Å². The third-order valence-corrected chi connectivity index (χ3v) is 4.44. The van der Waals surface area contributed by atoms with Crippen molar-refractivity contribution in [2.24, 2.45) is 0 Å². The Morgan fingerprint density at radius 1 is 1.19 bits per heavy atom. The highest BCUT2D eigenvalue weighted by Crippen LogP contribution is 2.30. The van der Waals surface area contributed by atoms with Crippen molar-refractivity contribution in [1.82, 2.24) is 9.13 Å². The van der Waals surface area contributed by atoms with Gasteiger partial charge in [0.05, 0.1) is 10.6 Å². The number of nitrogens with zero attached hydrogens (tertiary/aromatic N) is 2. The number of aromatic nitrogens is 2. The van der Waals surface area contributed by atoms with Gasteiger partial charge in [-0.05, 0) is 12.0 Å². The third-order valence-electron chi connectivity index (χ3n) is 3.41. The molecular weight excluding hydrogens is 284 g/mol. The molecule has 5 heteroatoms. The molecule has 0 aliphatic carbocycles. The second-order valence-electron chi connectivity index (χ2n) is 4.85. The molecule has 0 saturated carbocycles. The molecule has 2 aromatic rings. The van der Waals surface area contributed by atoms with Crippen LogP contribution in [0.2, 0.25) is 0 Å². The molecule has 0 unspecified atom stereocenters. The Balaban J connectivity index is 2.38. The zero-order valence-corrected chi connectivity index (χ0v) is 12.6. The fourth-order valence-corrected chi connectivity index (χ4v) is 3.44. The number of benzene rings is 1. The van der Waals surface area contributed by atoms with Crippen LogP contribution in [0.15, 0.2) is 51.0 Å². The van der Waals surface area contributed by atoms with Gasteiger partial charge in [-0.25, -0.2) is 4.79 Å². The number of hydrogen-bond acceptors (Lipinski definition) is 3. The highest BCUT2D eigenvalue weighted by Gasteiger charge is 2.20. The fourth-order valence-electron chi connectivity index (χ4n) is 2.47. The zero-order valence-electron chi connectivity index (χ0n) is 11.8. The van der Waals surface area contributed by atoms with Gasteiger partial charge in [-0.2, -0.15) is 0 Å². The first-order valence-electron chi connectivity index (χ1n) is 6.98. The molecule has 0 spiro atoms. The van der Waals surface area contributed by atoms with Gasteiger partial charge in [0, 0.05) is 18.5 Å². The average molecular weight is 300 g/mol. The summed E-state index contributed by atoms with van der Waals surface area (Å²) in [6.07, 6.45) is 4.46. The second-order valence-corrected chi connectivity index (χ2v) is 5.86. The number of rotatable bonds is 3. The molecule has 4 nitrogen and oxygen atoms in total. The van der Waals surface area contributed by atoms with Crippen molar-refractivity contribution < 1.29 is 0 Å². The molecule has 0 saturated heterocycles. The van der Waals surface area contributed by atoms with Crippen LogP contribution in [0.5, 0.6) is 0 Å². The molecule has 2 heterocycles. The molecule has 0 fully saturated rings. The molecule has 0 bridgehead atoms. The topological polar surface area (TPSA) is 44.0 Å². The Labute approximate surface area is 126 Å². The Hall–Kier alpha value is -2.01. The number of thioether (sulfide) groups is 1. The van der Waals surface area contributed by atoms with Gasteiger partial charge in [0.2, 0.25) is 0 Å². The smallest absolute Gasteiger partial charge is 0.268 e. The minimum Gasteiger partial charge on any atom is -0.268 e. The highest BCUT2D eigenvalue weighted by atomic mass is 32.2. The maximum Gasteiger partial charge on any atom is 0.336 e. The normalized spacial score (nSPS) is 13.2. The quantitative estimate of drug-likeness (QED) is 0.819. The average Bonchev–Trinajstić information content (AvgIpc) is 2.53. The molecule has 1 aromatic carbocycles. The van der Waals surface area contributed by atoms with Crippen LogP contribution >= 0.6 is 11.8 Å². The van der Waals surface area contributed by atoms with Crippen molar-refractivity contribution >= 4 is 18.0 Å². The van der Waals surface area contributed by atoms with Crippen LogP contribution in [0.1, 0.15) is 13.3 Å². The summed E-state index contributed by atoms with van der Waals surface area (Å²) in [5.74, 6) is 0.774. The molecular formula is C16H16N2O2S. The SMILES string of the molecule is CCCn1c(=O)c(-c2ccccc2)c2n(c1=O)C=CCS2. The maximum atomic E-state index is 12.8. The molecule has 0 amide bonds. The van der Waals surface area contributed by atoms with Gasteiger partial charge >= 0.3 is 5.69 Å². The highest BCUT2D eigenvalue weighted by molar-refractivity contribution is 7.99. The number of fused-ring (bicyclic) bond motifs is 1. The fraction of sp³-hybridized carbons (Fsp3) is 0.250. The van der Waals surface area contributed by atoms with E-state index in [9.17, 15) is 9.59 Å². The predicted molar refractivity (Wildman–Crippen MR) is 86.7 cm³/mol. The van der Waals surface area contributed by atoms with E-state index in [1.807, 2.05) is 43.3 Å². The summed E-state index contributed by atoms with van der Waals surface area (Å²) in [6.45, 7) is 2.40. The van der Waals surface area contributed by atoms with E-state index in [0.717, 1.165) is 22.8 Å². The Morgan fingerprint density at radius 2 is 1.95 bits per heavy atom. The van der Waals surface area contributed by atoms with E-state index < -0.39 is 0 Å². The van der Waals surface area contributed by atoms with Crippen LogP contribution in [0, 0.1) is 0 Å². The summed E-state index contributed by atoms with van der Waals surface area (Å²) in [5.41, 5.74) is 1.04. The molecule has 0 radical (unpaired) electrons. The first-order valence-corrected chi connectivity index (χ1v) is 7.96. The maximum absolute atomic E-state index is 12.8. The van der Waals surface area contributed by atoms with E-state index in [1.165, 1.54) is 16.3 Å². The predicted octanol–water partition coefficient (Wildman–Crippen LogP) is 2.66. The van der Waals surface area contributed by atoms with Gasteiger partial charge in [0.25, 0.3) is 5.56 Å². The molecule has 108 valence electrons. The Kier molecular flexibility index (Phi) is 3.84. The summed E-state index contributed by atoms with van der Waals surface area (Å²) in [4.78, 5) is 25.2. The standard InChI is InChI=1S/C16H16N2O2S/c1-2-9-17-14(19)13(12-7-4-3-5-8-12)15-18(16(17)20)10-6-11-21-15/h3-8,10H,2,9,11H2,1H3.